The van der Waals surface area contributed by atoms with Crippen LogP contribution in [-0.4, -0.2) is 10.1 Å². The SMILES string of the molecule is CC(C#N)Cc1nc(-c2cc(F)ccc2Br)no1. The van der Waals surface area contributed by atoms with E-state index in [1.165, 1.54) is 12.1 Å². The van der Waals surface area contributed by atoms with E-state index in [0.29, 0.717) is 28.2 Å². The van der Waals surface area contributed by atoms with E-state index >= 15 is 0 Å². The molecule has 2 rings (SSSR count). The fourth-order valence-corrected chi connectivity index (χ4v) is 1.85. The Labute approximate surface area is 112 Å². The van der Waals surface area contributed by atoms with Crippen LogP contribution in [0.2, 0.25) is 0 Å². The van der Waals surface area contributed by atoms with Crippen LogP contribution in [0.15, 0.2) is 27.2 Å². The number of benzene rings is 1. The average Bonchev–Trinajstić information content (AvgIpc) is 2.80. The summed E-state index contributed by atoms with van der Waals surface area (Å²) in [6.45, 7) is 1.77. The Hall–Kier alpha value is -1.74. The van der Waals surface area contributed by atoms with Crippen molar-refractivity contribution in [3.05, 3.63) is 34.4 Å². The summed E-state index contributed by atoms with van der Waals surface area (Å²) < 4.78 is 18.9. The molecular formula is C12H9BrFN3O. The highest BCUT2D eigenvalue weighted by Gasteiger charge is 2.14. The summed E-state index contributed by atoms with van der Waals surface area (Å²) in [5, 5.41) is 12.5. The minimum Gasteiger partial charge on any atom is -0.339 e. The molecule has 2 aromatic rings. The smallest absolute Gasteiger partial charge is 0.228 e. The van der Waals surface area contributed by atoms with Gasteiger partial charge < -0.3 is 4.52 Å². The van der Waals surface area contributed by atoms with Gasteiger partial charge in [-0.25, -0.2) is 4.39 Å². The van der Waals surface area contributed by atoms with Crippen molar-refractivity contribution in [1.29, 1.82) is 5.26 Å². The lowest BCUT2D eigenvalue weighted by atomic mass is 10.1. The molecule has 0 N–H and O–H groups in total. The van der Waals surface area contributed by atoms with Gasteiger partial charge in [0.05, 0.1) is 12.0 Å². The lowest BCUT2D eigenvalue weighted by Crippen LogP contribution is -1.96. The first-order chi connectivity index (χ1) is 8.60. The Morgan fingerprint density at radius 2 is 2.33 bits per heavy atom. The molecule has 92 valence electrons. The molecule has 0 radical (unpaired) electrons. The van der Waals surface area contributed by atoms with E-state index in [0.717, 1.165) is 0 Å². The minimum absolute atomic E-state index is 0.200. The number of halogens is 2. The highest BCUT2D eigenvalue weighted by Crippen LogP contribution is 2.27. The fourth-order valence-electron chi connectivity index (χ4n) is 1.42. The number of hydrogen-bond donors (Lipinski definition) is 0. The molecule has 0 saturated carbocycles. The third-order valence-corrected chi connectivity index (χ3v) is 3.03. The summed E-state index contributed by atoms with van der Waals surface area (Å²) >= 11 is 3.30. The van der Waals surface area contributed by atoms with Crippen LogP contribution in [-0.2, 0) is 6.42 Å². The lowest BCUT2D eigenvalue weighted by molar-refractivity contribution is 0.369. The maximum Gasteiger partial charge on any atom is 0.228 e. The summed E-state index contributed by atoms with van der Waals surface area (Å²) in [4.78, 5) is 4.14. The van der Waals surface area contributed by atoms with Crippen molar-refractivity contribution in [2.24, 2.45) is 5.92 Å². The van der Waals surface area contributed by atoms with E-state index < -0.39 is 0 Å². The van der Waals surface area contributed by atoms with Gasteiger partial charge >= 0.3 is 0 Å². The second-order valence-corrected chi connectivity index (χ2v) is 4.72. The van der Waals surface area contributed by atoms with Crippen LogP contribution in [0.4, 0.5) is 4.39 Å². The van der Waals surface area contributed by atoms with Crippen LogP contribution in [0.25, 0.3) is 11.4 Å². The number of aromatic nitrogens is 2. The van der Waals surface area contributed by atoms with E-state index in [9.17, 15) is 4.39 Å². The molecular weight excluding hydrogens is 301 g/mol. The summed E-state index contributed by atoms with van der Waals surface area (Å²) in [6, 6.07) is 6.33. The second kappa shape index (κ2) is 5.27. The molecule has 0 spiro atoms. The van der Waals surface area contributed by atoms with Crippen LogP contribution < -0.4 is 0 Å². The Kier molecular flexibility index (Phi) is 3.72. The van der Waals surface area contributed by atoms with Gasteiger partial charge in [-0.05, 0) is 25.1 Å². The Morgan fingerprint density at radius 3 is 3.06 bits per heavy atom. The van der Waals surface area contributed by atoms with Gasteiger partial charge in [0, 0.05) is 16.5 Å². The largest absolute Gasteiger partial charge is 0.339 e. The molecule has 1 aromatic carbocycles. The van der Waals surface area contributed by atoms with E-state index in [1.807, 2.05) is 0 Å². The molecule has 0 saturated heterocycles. The first kappa shape index (κ1) is 12.7. The second-order valence-electron chi connectivity index (χ2n) is 3.87. The van der Waals surface area contributed by atoms with Gasteiger partial charge in [-0.3, -0.25) is 0 Å². The van der Waals surface area contributed by atoms with Gasteiger partial charge in [0.1, 0.15) is 5.82 Å². The van der Waals surface area contributed by atoms with Gasteiger partial charge in [-0.15, -0.1) is 0 Å². The van der Waals surface area contributed by atoms with Crippen molar-refractivity contribution < 1.29 is 8.91 Å². The standard InChI is InChI=1S/C12H9BrFN3O/c1-7(6-15)4-11-16-12(17-18-11)9-5-8(14)2-3-10(9)13/h2-3,5,7H,4H2,1H3. The molecule has 0 fully saturated rings. The first-order valence-corrected chi connectivity index (χ1v) is 6.07. The third-order valence-electron chi connectivity index (χ3n) is 2.34. The molecule has 0 bridgehead atoms. The quantitative estimate of drug-likeness (QED) is 0.872. The highest BCUT2D eigenvalue weighted by atomic mass is 79.9. The maximum absolute atomic E-state index is 13.2. The molecule has 1 aromatic heterocycles. The van der Waals surface area contributed by atoms with Crippen molar-refractivity contribution in [3.8, 4) is 17.5 Å². The van der Waals surface area contributed by atoms with Crippen LogP contribution >= 0.6 is 15.9 Å². The van der Waals surface area contributed by atoms with Crippen molar-refractivity contribution in [2.45, 2.75) is 13.3 Å². The molecule has 0 aliphatic heterocycles. The molecule has 0 aliphatic rings. The summed E-state index contributed by atoms with van der Waals surface area (Å²) in [5.41, 5.74) is 0.523. The van der Waals surface area contributed by atoms with Gasteiger partial charge in [0.25, 0.3) is 0 Å². The van der Waals surface area contributed by atoms with Crippen molar-refractivity contribution in [3.63, 3.8) is 0 Å². The minimum atomic E-state index is -0.370. The maximum atomic E-state index is 13.2. The number of hydrogen-bond acceptors (Lipinski definition) is 4. The van der Waals surface area contributed by atoms with Gasteiger partial charge in [0.15, 0.2) is 0 Å². The van der Waals surface area contributed by atoms with E-state index in [1.54, 1.807) is 13.0 Å². The Balaban J connectivity index is 2.30. The van der Waals surface area contributed by atoms with Crippen LogP contribution in [0.5, 0.6) is 0 Å². The monoisotopic (exact) mass is 309 g/mol. The normalized spacial score (nSPS) is 12.1. The number of nitriles is 1. The lowest BCUT2D eigenvalue weighted by Gasteiger charge is -1.98. The zero-order chi connectivity index (χ0) is 13.1. The fraction of sp³-hybridized carbons (Fsp3) is 0.250. The van der Waals surface area contributed by atoms with Crippen LogP contribution in [0, 0.1) is 23.1 Å². The first-order valence-electron chi connectivity index (χ1n) is 5.27. The third kappa shape index (κ3) is 2.74. The molecule has 0 amide bonds. The van der Waals surface area contributed by atoms with Crippen LogP contribution in [0.1, 0.15) is 12.8 Å². The highest BCUT2D eigenvalue weighted by molar-refractivity contribution is 9.10. The Bertz CT molecular complexity index is 606. The summed E-state index contributed by atoms with van der Waals surface area (Å²) in [6.07, 6.45) is 0.385. The number of rotatable bonds is 3. The van der Waals surface area contributed by atoms with Crippen LogP contribution in [0.3, 0.4) is 0 Å². The van der Waals surface area contributed by atoms with Gasteiger partial charge in [0.2, 0.25) is 11.7 Å². The van der Waals surface area contributed by atoms with Gasteiger partial charge in [-0.1, -0.05) is 21.1 Å². The Morgan fingerprint density at radius 1 is 1.56 bits per heavy atom. The predicted molar refractivity (Wildman–Crippen MR) is 65.9 cm³/mol. The molecule has 0 aliphatic carbocycles. The van der Waals surface area contributed by atoms with Crippen molar-refractivity contribution in [1.82, 2.24) is 10.1 Å². The molecule has 6 heteroatoms. The molecule has 1 heterocycles. The predicted octanol–water partition coefficient (Wildman–Crippen LogP) is 3.34. The van der Waals surface area contributed by atoms with E-state index in [2.05, 4.69) is 32.1 Å². The summed E-state index contributed by atoms with van der Waals surface area (Å²) in [5.74, 6) is 0.107. The molecule has 4 nitrogen and oxygen atoms in total. The van der Waals surface area contributed by atoms with Crippen molar-refractivity contribution in [2.75, 3.05) is 0 Å². The molecule has 18 heavy (non-hydrogen) atoms. The topological polar surface area (TPSA) is 62.7 Å². The average molecular weight is 310 g/mol. The molecule has 1 unspecified atom stereocenters. The van der Waals surface area contributed by atoms with E-state index in [-0.39, 0.29) is 11.7 Å². The number of nitrogens with zero attached hydrogens (tertiary/aromatic N) is 3. The van der Waals surface area contributed by atoms with Gasteiger partial charge in [-0.2, -0.15) is 10.2 Å². The molecule has 1 atom stereocenters. The zero-order valence-corrected chi connectivity index (χ0v) is 11.1. The van der Waals surface area contributed by atoms with E-state index in [4.69, 9.17) is 9.78 Å². The zero-order valence-electron chi connectivity index (χ0n) is 9.52. The summed E-state index contributed by atoms with van der Waals surface area (Å²) in [7, 11) is 0. The van der Waals surface area contributed by atoms with Crippen molar-refractivity contribution >= 4 is 15.9 Å².